The maximum Gasteiger partial charge on any atom is 0.338 e. The van der Waals surface area contributed by atoms with Crippen molar-refractivity contribution in [3.05, 3.63) is 114 Å². The van der Waals surface area contributed by atoms with Gasteiger partial charge in [-0.3, -0.25) is 4.79 Å². The molecule has 162 valence electrons. The Labute approximate surface area is 188 Å². The molecule has 3 atom stereocenters. The van der Waals surface area contributed by atoms with E-state index in [4.69, 9.17) is 4.74 Å². The number of carbonyl (C=O) groups excluding carboxylic acids is 2. The third-order valence-corrected chi connectivity index (χ3v) is 5.59. The van der Waals surface area contributed by atoms with Gasteiger partial charge in [-0.1, -0.05) is 72.8 Å². The molecule has 1 heterocycles. The molecular weight excluding hydrogens is 400 g/mol. The summed E-state index contributed by atoms with van der Waals surface area (Å²) in [6.07, 6.45) is 3.51. The molecule has 0 saturated carbocycles. The van der Waals surface area contributed by atoms with Crippen molar-refractivity contribution in [3.63, 3.8) is 0 Å². The van der Waals surface area contributed by atoms with Crippen molar-refractivity contribution < 1.29 is 14.3 Å². The van der Waals surface area contributed by atoms with Gasteiger partial charge in [-0.2, -0.15) is 0 Å². The zero-order chi connectivity index (χ0) is 22.3. The molecule has 1 aliphatic rings. The molecule has 1 N–H and O–H groups in total. The summed E-state index contributed by atoms with van der Waals surface area (Å²) in [6.45, 7) is 2.12. The second-order valence-electron chi connectivity index (χ2n) is 7.79. The molecule has 1 aliphatic heterocycles. The zero-order valence-corrected chi connectivity index (χ0v) is 17.9. The maximum atomic E-state index is 12.9. The molecule has 0 aromatic heterocycles. The molecule has 0 radical (unpaired) electrons. The number of hydrogen-bond acceptors (Lipinski definition) is 4. The number of anilines is 1. The number of ether oxygens (including phenoxy) is 1. The number of carbonyl (C=O) groups is 2. The minimum Gasteiger partial charge on any atom is -0.460 e. The summed E-state index contributed by atoms with van der Waals surface area (Å²) in [5, 5.41) is 3.48. The molecular formula is C27H26N2O3. The van der Waals surface area contributed by atoms with Crippen LogP contribution in [0.3, 0.4) is 0 Å². The van der Waals surface area contributed by atoms with E-state index < -0.39 is 12.0 Å². The van der Waals surface area contributed by atoms with Gasteiger partial charge in [0.25, 0.3) is 0 Å². The van der Waals surface area contributed by atoms with E-state index in [1.165, 1.54) is 0 Å². The highest BCUT2D eigenvalue weighted by Crippen LogP contribution is 2.30. The summed E-state index contributed by atoms with van der Waals surface area (Å²) in [7, 11) is 0. The Morgan fingerprint density at radius 3 is 2.19 bits per heavy atom. The van der Waals surface area contributed by atoms with E-state index in [1.54, 1.807) is 35.2 Å². The van der Waals surface area contributed by atoms with Crippen LogP contribution in [0.2, 0.25) is 0 Å². The molecule has 0 spiro atoms. The van der Waals surface area contributed by atoms with Gasteiger partial charge in [0.15, 0.2) is 0 Å². The first-order valence-electron chi connectivity index (χ1n) is 10.7. The molecule has 0 bridgehead atoms. The van der Waals surface area contributed by atoms with Crippen molar-refractivity contribution in [3.8, 4) is 0 Å². The van der Waals surface area contributed by atoms with Gasteiger partial charge in [-0.25, -0.2) is 4.79 Å². The van der Waals surface area contributed by atoms with Crippen molar-refractivity contribution in [2.45, 2.75) is 25.0 Å². The number of benzene rings is 3. The smallest absolute Gasteiger partial charge is 0.338 e. The van der Waals surface area contributed by atoms with Crippen LogP contribution >= 0.6 is 0 Å². The molecule has 2 unspecified atom stereocenters. The van der Waals surface area contributed by atoms with E-state index in [9.17, 15) is 9.59 Å². The number of esters is 1. The monoisotopic (exact) mass is 426 g/mol. The van der Waals surface area contributed by atoms with Gasteiger partial charge in [-0.05, 0) is 36.8 Å². The highest BCUT2D eigenvalue weighted by Gasteiger charge is 2.37. The zero-order valence-electron chi connectivity index (χ0n) is 17.9. The lowest BCUT2D eigenvalue weighted by molar-refractivity contribution is -0.130. The van der Waals surface area contributed by atoms with Crippen LogP contribution in [0.5, 0.6) is 0 Å². The molecule has 3 aromatic rings. The van der Waals surface area contributed by atoms with Crippen molar-refractivity contribution in [2.75, 3.05) is 11.9 Å². The Kier molecular flexibility index (Phi) is 6.66. The minimum atomic E-state index is -0.406. The standard InChI is InChI=1S/C27H26N2O3/c1-20(28-23-15-9-4-10-16-23)24-17-18-26(30)29(24)25(21-11-5-2-6-12-21)19-32-27(31)22-13-7-3-8-14-22/h2-18,20,24-25,28H,19H2,1H3/t20?,24?,25-/m0/s1. The Balaban J connectivity index is 1.56. The first-order chi connectivity index (χ1) is 15.6. The summed E-state index contributed by atoms with van der Waals surface area (Å²) in [5.41, 5.74) is 2.39. The predicted octanol–water partition coefficient (Wildman–Crippen LogP) is 4.85. The molecule has 5 nitrogen and oxygen atoms in total. The summed E-state index contributed by atoms with van der Waals surface area (Å²) < 4.78 is 5.67. The summed E-state index contributed by atoms with van der Waals surface area (Å²) in [4.78, 5) is 27.3. The fraction of sp³-hybridized carbons (Fsp3) is 0.185. The van der Waals surface area contributed by atoms with Gasteiger partial charge in [0.1, 0.15) is 6.61 Å². The molecule has 4 rings (SSSR count). The average Bonchev–Trinajstić information content (AvgIpc) is 3.22. The molecule has 0 aliphatic carbocycles. The minimum absolute atomic E-state index is 0.0452. The van der Waals surface area contributed by atoms with Crippen molar-refractivity contribution in [1.29, 1.82) is 0 Å². The number of nitrogens with zero attached hydrogens (tertiary/aromatic N) is 1. The van der Waals surface area contributed by atoms with Crippen LogP contribution in [0.4, 0.5) is 5.69 Å². The Morgan fingerprint density at radius 1 is 0.938 bits per heavy atom. The average molecular weight is 427 g/mol. The quantitative estimate of drug-likeness (QED) is 0.523. The van der Waals surface area contributed by atoms with Gasteiger partial charge in [0, 0.05) is 17.8 Å². The van der Waals surface area contributed by atoms with Crippen molar-refractivity contribution in [2.24, 2.45) is 0 Å². The SMILES string of the molecule is CC(Nc1ccccc1)C1C=CC(=O)N1[C@@H](COC(=O)c1ccccc1)c1ccccc1. The van der Waals surface area contributed by atoms with Crippen LogP contribution in [0.25, 0.3) is 0 Å². The third-order valence-electron chi connectivity index (χ3n) is 5.59. The molecule has 1 amide bonds. The van der Waals surface area contributed by atoms with Gasteiger partial charge >= 0.3 is 5.97 Å². The van der Waals surface area contributed by atoms with Crippen LogP contribution in [0.15, 0.2) is 103 Å². The second kappa shape index (κ2) is 9.96. The summed E-state index contributed by atoms with van der Waals surface area (Å²) in [5.74, 6) is -0.500. The van der Waals surface area contributed by atoms with Gasteiger partial charge < -0.3 is 15.0 Å². The van der Waals surface area contributed by atoms with E-state index in [0.29, 0.717) is 5.56 Å². The fourth-order valence-electron chi connectivity index (χ4n) is 3.98. The number of nitrogens with one attached hydrogen (secondary N) is 1. The third kappa shape index (κ3) is 4.89. The highest BCUT2D eigenvalue weighted by atomic mass is 16.5. The Morgan fingerprint density at radius 2 is 1.53 bits per heavy atom. The van der Waals surface area contributed by atoms with Crippen LogP contribution in [-0.2, 0) is 9.53 Å². The van der Waals surface area contributed by atoms with Crippen LogP contribution in [0, 0.1) is 0 Å². The Hall–Kier alpha value is -3.86. The number of rotatable bonds is 8. The topological polar surface area (TPSA) is 58.6 Å². The molecule has 3 aromatic carbocycles. The van der Waals surface area contributed by atoms with Crippen LogP contribution in [0.1, 0.15) is 28.9 Å². The van der Waals surface area contributed by atoms with Gasteiger partial charge in [0.05, 0.1) is 17.6 Å². The molecule has 0 fully saturated rings. The van der Waals surface area contributed by atoms with E-state index in [2.05, 4.69) is 5.32 Å². The fourth-order valence-corrected chi connectivity index (χ4v) is 3.98. The van der Waals surface area contributed by atoms with E-state index in [1.807, 2.05) is 79.7 Å². The van der Waals surface area contributed by atoms with E-state index in [-0.39, 0.29) is 24.6 Å². The lowest BCUT2D eigenvalue weighted by atomic mass is 10.0. The first-order valence-corrected chi connectivity index (χ1v) is 10.7. The molecule has 0 saturated heterocycles. The van der Waals surface area contributed by atoms with Crippen LogP contribution < -0.4 is 5.32 Å². The summed E-state index contributed by atoms with van der Waals surface area (Å²) in [6, 6.07) is 27.8. The maximum absolute atomic E-state index is 12.9. The normalized spacial score (nSPS) is 17.1. The largest absolute Gasteiger partial charge is 0.460 e. The second-order valence-corrected chi connectivity index (χ2v) is 7.79. The van der Waals surface area contributed by atoms with E-state index >= 15 is 0 Å². The van der Waals surface area contributed by atoms with Crippen LogP contribution in [-0.4, -0.2) is 35.5 Å². The first kappa shape index (κ1) is 21.4. The predicted molar refractivity (Wildman–Crippen MR) is 125 cm³/mol. The molecule has 32 heavy (non-hydrogen) atoms. The number of hydrogen-bond donors (Lipinski definition) is 1. The number of amides is 1. The lowest BCUT2D eigenvalue weighted by Gasteiger charge is -2.36. The van der Waals surface area contributed by atoms with Gasteiger partial charge in [-0.15, -0.1) is 0 Å². The highest BCUT2D eigenvalue weighted by molar-refractivity contribution is 5.91. The number of para-hydroxylation sites is 1. The van der Waals surface area contributed by atoms with Gasteiger partial charge in [0.2, 0.25) is 5.91 Å². The summed E-state index contributed by atoms with van der Waals surface area (Å²) >= 11 is 0. The van der Waals surface area contributed by atoms with Crippen molar-refractivity contribution >= 4 is 17.6 Å². The molecule has 5 heteroatoms. The lowest BCUT2D eigenvalue weighted by Crippen LogP contribution is -2.47. The van der Waals surface area contributed by atoms with E-state index in [0.717, 1.165) is 11.3 Å². The Bertz CT molecular complexity index is 1070. The van der Waals surface area contributed by atoms with Crippen molar-refractivity contribution in [1.82, 2.24) is 4.90 Å².